The van der Waals surface area contributed by atoms with Crippen molar-refractivity contribution in [2.45, 2.75) is 19.1 Å². The third-order valence-corrected chi connectivity index (χ3v) is 4.11. The van der Waals surface area contributed by atoms with Crippen molar-refractivity contribution in [3.8, 4) is 17.4 Å². The van der Waals surface area contributed by atoms with E-state index in [-0.39, 0.29) is 31.4 Å². The number of ether oxygens (including phenoxy) is 2. The van der Waals surface area contributed by atoms with Crippen LogP contribution in [-0.4, -0.2) is 50.6 Å². The predicted molar refractivity (Wildman–Crippen MR) is 91.5 cm³/mol. The third kappa shape index (κ3) is 4.39. The average molecular weight is 428 g/mol. The van der Waals surface area contributed by atoms with Crippen molar-refractivity contribution in [3.05, 3.63) is 48.3 Å². The Morgan fingerprint density at radius 2 is 1.83 bits per heavy atom. The number of nitrogens with zero attached hydrogens (tertiary/aromatic N) is 6. The van der Waals surface area contributed by atoms with Gasteiger partial charge in [-0.25, -0.2) is 27.8 Å². The van der Waals surface area contributed by atoms with Gasteiger partial charge >= 0.3 is 12.6 Å². The molecule has 0 amide bonds. The van der Waals surface area contributed by atoms with E-state index in [1.165, 1.54) is 34.2 Å². The topological polar surface area (TPSA) is 78.2 Å². The van der Waals surface area contributed by atoms with E-state index in [0.717, 1.165) is 12.1 Å². The predicted octanol–water partition coefficient (Wildman–Crippen LogP) is 2.83. The molecule has 1 saturated heterocycles. The SMILES string of the molecule is Fc1ccc(-n2cc(COc3ncc(N4CC(F)(F)C4)cn3)nn2)cc1OC(F)F. The van der Waals surface area contributed by atoms with Crippen LogP contribution < -0.4 is 14.4 Å². The van der Waals surface area contributed by atoms with Gasteiger partial charge in [-0.2, -0.15) is 8.78 Å². The zero-order valence-corrected chi connectivity index (χ0v) is 15.1. The van der Waals surface area contributed by atoms with Crippen LogP contribution in [0.15, 0.2) is 36.8 Å². The number of aromatic nitrogens is 5. The summed E-state index contributed by atoms with van der Waals surface area (Å²) in [5, 5.41) is 7.68. The lowest BCUT2D eigenvalue weighted by atomic mass is 10.1. The van der Waals surface area contributed by atoms with Crippen LogP contribution >= 0.6 is 0 Å². The number of alkyl halides is 4. The molecule has 8 nitrogen and oxygen atoms in total. The average Bonchev–Trinajstić information content (AvgIpc) is 3.15. The number of hydrogen-bond acceptors (Lipinski definition) is 7. The molecule has 13 heteroatoms. The zero-order chi connectivity index (χ0) is 21.3. The molecule has 0 aliphatic carbocycles. The van der Waals surface area contributed by atoms with E-state index in [4.69, 9.17) is 4.74 Å². The first-order chi connectivity index (χ1) is 14.3. The molecule has 0 unspecified atom stereocenters. The van der Waals surface area contributed by atoms with Crippen LogP contribution in [0.2, 0.25) is 0 Å². The molecule has 2 aromatic heterocycles. The molecule has 1 aliphatic rings. The molecule has 30 heavy (non-hydrogen) atoms. The molecule has 4 rings (SSSR count). The molecule has 3 heterocycles. The molecule has 0 spiro atoms. The molecule has 0 bridgehead atoms. The van der Waals surface area contributed by atoms with Crippen molar-refractivity contribution in [3.63, 3.8) is 0 Å². The quantitative estimate of drug-likeness (QED) is 0.536. The van der Waals surface area contributed by atoms with Gasteiger partial charge in [0.05, 0.1) is 43.1 Å². The van der Waals surface area contributed by atoms with Crippen molar-refractivity contribution in [2.24, 2.45) is 0 Å². The first kappa shape index (κ1) is 19.8. The second-order valence-electron chi connectivity index (χ2n) is 6.37. The summed E-state index contributed by atoms with van der Waals surface area (Å²) in [7, 11) is 0. The Labute approximate surface area is 165 Å². The first-order valence-electron chi connectivity index (χ1n) is 8.53. The summed E-state index contributed by atoms with van der Waals surface area (Å²) < 4.78 is 74.7. The Hall–Kier alpha value is -3.51. The third-order valence-electron chi connectivity index (χ3n) is 4.11. The number of halogens is 5. The lowest BCUT2D eigenvalue weighted by molar-refractivity contribution is -0.0522. The van der Waals surface area contributed by atoms with Crippen LogP contribution in [0.1, 0.15) is 5.69 Å². The summed E-state index contributed by atoms with van der Waals surface area (Å²) in [6.07, 6.45) is 4.19. The number of benzene rings is 1. The van der Waals surface area contributed by atoms with E-state index in [9.17, 15) is 22.0 Å². The van der Waals surface area contributed by atoms with Gasteiger partial charge in [-0.1, -0.05) is 5.21 Å². The van der Waals surface area contributed by atoms with Gasteiger partial charge in [0.2, 0.25) is 0 Å². The fourth-order valence-electron chi connectivity index (χ4n) is 2.69. The normalized spacial score (nSPS) is 15.2. The Kier molecular flexibility index (Phi) is 5.10. The van der Waals surface area contributed by atoms with E-state index in [0.29, 0.717) is 11.4 Å². The van der Waals surface area contributed by atoms with Crippen molar-refractivity contribution in [1.82, 2.24) is 25.0 Å². The highest BCUT2D eigenvalue weighted by Gasteiger charge is 2.44. The Morgan fingerprint density at radius 1 is 1.10 bits per heavy atom. The van der Waals surface area contributed by atoms with Crippen molar-refractivity contribution >= 4 is 5.69 Å². The van der Waals surface area contributed by atoms with Crippen LogP contribution in [0.3, 0.4) is 0 Å². The van der Waals surface area contributed by atoms with Crippen LogP contribution in [-0.2, 0) is 6.61 Å². The molecule has 0 atom stereocenters. The molecule has 0 radical (unpaired) electrons. The molecule has 0 saturated carbocycles. The standard InChI is InChI=1S/C17H13F5N6O2/c18-13-2-1-11(3-14(13)30-15(19)20)28-6-10(25-26-28)7-29-16-23-4-12(5-24-16)27-8-17(21,22)9-27/h1-6,15H,7-9H2. The van der Waals surface area contributed by atoms with Crippen molar-refractivity contribution in [2.75, 3.05) is 18.0 Å². The summed E-state index contributed by atoms with van der Waals surface area (Å²) in [5.41, 5.74) is 1.06. The summed E-state index contributed by atoms with van der Waals surface area (Å²) in [5.74, 6) is -4.26. The largest absolute Gasteiger partial charge is 0.457 e. The molecule has 1 aliphatic heterocycles. The Balaban J connectivity index is 1.37. The van der Waals surface area contributed by atoms with Gasteiger partial charge in [0.15, 0.2) is 11.6 Å². The van der Waals surface area contributed by atoms with E-state index in [1.807, 2.05) is 0 Å². The second-order valence-corrected chi connectivity index (χ2v) is 6.37. The minimum atomic E-state index is -3.17. The van der Waals surface area contributed by atoms with Crippen LogP contribution in [0.25, 0.3) is 5.69 Å². The summed E-state index contributed by atoms with van der Waals surface area (Å²) in [6, 6.07) is 3.35. The summed E-state index contributed by atoms with van der Waals surface area (Å²) >= 11 is 0. The molecule has 1 aromatic carbocycles. The maximum absolute atomic E-state index is 13.5. The highest BCUT2D eigenvalue weighted by atomic mass is 19.3. The number of hydrogen-bond donors (Lipinski definition) is 0. The van der Waals surface area contributed by atoms with Crippen molar-refractivity contribution in [1.29, 1.82) is 0 Å². The highest BCUT2D eigenvalue weighted by molar-refractivity contribution is 5.46. The second kappa shape index (κ2) is 7.72. The molecular weight excluding hydrogens is 415 g/mol. The Bertz CT molecular complexity index is 1020. The van der Waals surface area contributed by atoms with Gasteiger partial charge in [-0.15, -0.1) is 5.10 Å². The minimum absolute atomic E-state index is 0.00925. The van der Waals surface area contributed by atoms with Gasteiger partial charge in [0, 0.05) is 6.07 Å². The number of anilines is 1. The van der Waals surface area contributed by atoms with Gasteiger partial charge in [-0.05, 0) is 12.1 Å². The molecule has 158 valence electrons. The summed E-state index contributed by atoms with van der Waals surface area (Å²) in [6.45, 7) is -4.00. The maximum atomic E-state index is 13.5. The lowest BCUT2D eigenvalue weighted by Crippen LogP contribution is -2.56. The molecule has 1 fully saturated rings. The highest BCUT2D eigenvalue weighted by Crippen LogP contribution is 2.31. The van der Waals surface area contributed by atoms with Gasteiger partial charge in [0.1, 0.15) is 12.3 Å². The van der Waals surface area contributed by atoms with Crippen LogP contribution in [0, 0.1) is 5.82 Å². The number of rotatable bonds is 7. The maximum Gasteiger partial charge on any atom is 0.387 e. The monoisotopic (exact) mass is 428 g/mol. The van der Waals surface area contributed by atoms with E-state index < -0.39 is 24.1 Å². The van der Waals surface area contributed by atoms with Gasteiger partial charge < -0.3 is 14.4 Å². The first-order valence-corrected chi connectivity index (χ1v) is 8.53. The van der Waals surface area contributed by atoms with Crippen molar-refractivity contribution < 1.29 is 31.4 Å². The van der Waals surface area contributed by atoms with Gasteiger partial charge in [-0.3, -0.25) is 0 Å². The van der Waals surface area contributed by atoms with Gasteiger partial charge in [0.25, 0.3) is 5.92 Å². The van der Waals surface area contributed by atoms with E-state index in [2.05, 4.69) is 25.0 Å². The zero-order valence-electron chi connectivity index (χ0n) is 15.1. The molecule has 3 aromatic rings. The van der Waals surface area contributed by atoms with E-state index >= 15 is 0 Å². The molecule has 0 N–H and O–H groups in total. The molecular formula is C17H13F5N6O2. The minimum Gasteiger partial charge on any atom is -0.457 e. The summed E-state index contributed by atoms with van der Waals surface area (Å²) in [4.78, 5) is 9.34. The van der Waals surface area contributed by atoms with Crippen LogP contribution in [0.4, 0.5) is 27.6 Å². The fraction of sp³-hybridized carbons (Fsp3) is 0.294. The smallest absolute Gasteiger partial charge is 0.387 e. The Morgan fingerprint density at radius 3 is 2.50 bits per heavy atom. The van der Waals surface area contributed by atoms with E-state index in [1.54, 1.807) is 0 Å². The van der Waals surface area contributed by atoms with Crippen LogP contribution in [0.5, 0.6) is 11.8 Å². The lowest BCUT2D eigenvalue weighted by Gasteiger charge is -2.39. The fourth-order valence-corrected chi connectivity index (χ4v) is 2.69.